The van der Waals surface area contributed by atoms with Gasteiger partial charge in [-0.25, -0.2) is 0 Å². The molecular formula is C21H21N3O6. The number of hydrazine groups is 1. The molecule has 0 saturated heterocycles. The number of nitro benzene ring substituents is 1. The summed E-state index contributed by atoms with van der Waals surface area (Å²) in [5.74, 6) is 0.259. The van der Waals surface area contributed by atoms with Gasteiger partial charge in [0.1, 0.15) is 17.6 Å². The number of nitrogens with one attached hydrogen (secondary N) is 2. The third-order valence-electron chi connectivity index (χ3n) is 4.38. The number of non-ortho nitro benzene ring substituents is 1. The molecule has 0 radical (unpaired) electrons. The molecule has 30 heavy (non-hydrogen) atoms. The van der Waals surface area contributed by atoms with Crippen LogP contribution in [-0.2, 0) is 11.2 Å². The van der Waals surface area contributed by atoms with Crippen LogP contribution in [-0.4, -0.2) is 29.4 Å². The number of fused-ring (bicyclic) bond motifs is 1. The maximum atomic E-state index is 12.1. The monoisotopic (exact) mass is 411 g/mol. The average Bonchev–Trinajstić information content (AvgIpc) is 3.09. The number of ether oxygens (including phenoxy) is 2. The van der Waals surface area contributed by atoms with Gasteiger partial charge in [-0.1, -0.05) is 0 Å². The first-order valence-electron chi connectivity index (χ1n) is 9.36. The quantitative estimate of drug-likeness (QED) is 0.428. The van der Waals surface area contributed by atoms with Gasteiger partial charge in [0.15, 0.2) is 0 Å². The molecule has 156 valence electrons. The second-order valence-corrected chi connectivity index (χ2v) is 6.64. The van der Waals surface area contributed by atoms with Gasteiger partial charge in [-0.05, 0) is 44.2 Å². The van der Waals surface area contributed by atoms with E-state index in [4.69, 9.17) is 9.47 Å². The Hall–Kier alpha value is -3.88. The third kappa shape index (κ3) is 4.93. The molecule has 0 aliphatic carbocycles. The average molecular weight is 411 g/mol. The van der Waals surface area contributed by atoms with Gasteiger partial charge in [-0.3, -0.25) is 30.6 Å². The van der Waals surface area contributed by atoms with Crippen LogP contribution in [0.4, 0.5) is 5.69 Å². The summed E-state index contributed by atoms with van der Waals surface area (Å²) in [6.45, 7) is 4.34. The van der Waals surface area contributed by atoms with Crippen molar-refractivity contribution in [1.82, 2.24) is 10.9 Å². The highest BCUT2D eigenvalue weighted by atomic mass is 16.6. The first kappa shape index (κ1) is 20.8. The summed E-state index contributed by atoms with van der Waals surface area (Å²) in [5.41, 5.74) is 6.31. The Morgan fingerprint density at radius 1 is 1.27 bits per heavy atom. The molecule has 1 atom stereocenters. The minimum absolute atomic E-state index is 0.0895. The Morgan fingerprint density at radius 2 is 2.00 bits per heavy atom. The van der Waals surface area contributed by atoms with Crippen LogP contribution in [0.5, 0.6) is 11.5 Å². The van der Waals surface area contributed by atoms with Gasteiger partial charge in [-0.2, -0.15) is 0 Å². The fourth-order valence-electron chi connectivity index (χ4n) is 3.00. The molecule has 2 aromatic carbocycles. The summed E-state index contributed by atoms with van der Waals surface area (Å²) in [7, 11) is 0. The SMILES string of the molecule is CCOc1cc2c(cc1/C=C/C(=O)NNC(=O)c1ccc([N+](=O)[O-])cc1)O[C@H](C)C2. The second kappa shape index (κ2) is 9.08. The van der Waals surface area contributed by atoms with Crippen molar-refractivity contribution in [3.05, 3.63) is 69.3 Å². The van der Waals surface area contributed by atoms with Gasteiger partial charge in [0.25, 0.3) is 17.5 Å². The lowest BCUT2D eigenvalue weighted by Gasteiger charge is -2.10. The Kier molecular flexibility index (Phi) is 6.31. The van der Waals surface area contributed by atoms with Crippen molar-refractivity contribution in [1.29, 1.82) is 0 Å². The zero-order valence-corrected chi connectivity index (χ0v) is 16.5. The maximum Gasteiger partial charge on any atom is 0.269 e. The second-order valence-electron chi connectivity index (χ2n) is 6.64. The van der Waals surface area contributed by atoms with E-state index >= 15 is 0 Å². The predicted octanol–water partition coefficient (Wildman–Crippen LogP) is 2.79. The van der Waals surface area contributed by atoms with Gasteiger partial charge in [0.2, 0.25) is 0 Å². The fourth-order valence-corrected chi connectivity index (χ4v) is 3.00. The molecule has 0 aromatic heterocycles. The standard InChI is InChI=1S/C21H21N3O6/c1-3-29-18-12-16-10-13(2)30-19(16)11-15(18)6-9-20(25)22-23-21(26)14-4-7-17(8-5-14)24(27)28/h4-9,11-13H,3,10H2,1-2H3,(H,22,25)(H,23,26)/b9-6+/t13-/m1/s1. The number of hydrogen-bond acceptors (Lipinski definition) is 6. The minimum Gasteiger partial charge on any atom is -0.493 e. The molecule has 3 rings (SSSR count). The topological polar surface area (TPSA) is 120 Å². The van der Waals surface area contributed by atoms with E-state index < -0.39 is 16.7 Å². The predicted molar refractivity (Wildman–Crippen MR) is 109 cm³/mol. The van der Waals surface area contributed by atoms with Crippen LogP contribution in [0, 0.1) is 10.1 Å². The summed E-state index contributed by atoms with van der Waals surface area (Å²) >= 11 is 0. The number of carbonyl (C=O) groups excluding carboxylic acids is 2. The molecule has 2 amide bonds. The Labute approximate surface area is 172 Å². The lowest BCUT2D eigenvalue weighted by Crippen LogP contribution is -2.40. The van der Waals surface area contributed by atoms with Crippen LogP contribution in [0.25, 0.3) is 6.08 Å². The molecule has 2 aromatic rings. The molecule has 1 heterocycles. The first-order chi connectivity index (χ1) is 14.4. The van der Waals surface area contributed by atoms with Crippen molar-refractivity contribution in [2.75, 3.05) is 6.61 Å². The Morgan fingerprint density at radius 3 is 2.67 bits per heavy atom. The van der Waals surface area contributed by atoms with E-state index in [9.17, 15) is 19.7 Å². The van der Waals surface area contributed by atoms with E-state index in [-0.39, 0.29) is 17.4 Å². The molecule has 0 spiro atoms. The molecule has 0 unspecified atom stereocenters. The van der Waals surface area contributed by atoms with Crippen LogP contribution in [0.3, 0.4) is 0 Å². The highest BCUT2D eigenvalue weighted by Crippen LogP contribution is 2.35. The van der Waals surface area contributed by atoms with Crippen molar-refractivity contribution in [3.8, 4) is 11.5 Å². The number of carbonyl (C=O) groups is 2. The largest absolute Gasteiger partial charge is 0.493 e. The van der Waals surface area contributed by atoms with Crippen molar-refractivity contribution in [2.24, 2.45) is 0 Å². The zero-order valence-electron chi connectivity index (χ0n) is 16.5. The van der Waals surface area contributed by atoms with Crippen LogP contribution in [0.2, 0.25) is 0 Å². The summed E-state index contributed by atoms with van der Waals surface area (Å²) in [6, 6.07) is 8.76. The van der Waals surface area contributed by atoms with E-state index in [2.05, 4.69) is 10.9 Å². The smallest absolute Gasteiger partial charge is 0.269 e. The summed E-state index contributed by atoms with van der Waals surface area (Å²) < 4.78 is 11.4. The fraction of sp³-hybridized carbons (Fsp3) is 0.238. The number of nitro groups is 1. The summed E-state index contributed by atoms with van der Waals surface area (Å²) in [4.78, 5) is 34.2. The molecule has 0 fully saturated rings. The Bertz CT molecular complexity index is 1000. The molecule has 9 heteroatoms. The van der Waals surface area contributed by atoms with Crippen molar-refractivity contribution >= 4 is 23.6 Å². The zero-order chi connectivity index (χ0) is 21.7. The first-order valence-corrected chi connectivity index (χ1v) is 9.36. The molecular weight excluding hydrogens is 390 g/mol. The highest BCUT2D eigenvalue weighted by Gasteiger charge is 2.21. The molecule has 2 N–H and O–H groups in total. The Balaban J connectivity index is 1.62. The lowest BCUT2D eigenvalue weighted by molar-refractivity contribution is -0.384. The molecule has 9 nitrogen and oxygen atoms in total. The van der Waals surface area contributed by atoms with Crippen molar-refractivity contribution in [3.63, 3.8) is 0 Å². The summed E-state index contributed by atoms with van der Waals surface area (Å²) in [6.07, 6.45) is 3.73. The molecule has 0 saturated carbocycles. The maximum absolute atomic E-state index is 12.1. The van der Waals surface area contributed by atoms with Crippen LogP contribution < -0.4 is 20.3 Å². The lowest BCUT2D eigenvalue weighted by atomic mass is 10.1. The number of hydrogen-bond donors (Lipinski definition) is 2. The normalized spacial score (nSPS) is 14.7. The van der Waals surface area contributed by atoms with E-state index in [1.165, 1.54) is 30.3 Å². The number of rotatable bonds is 6. The van der Waals surface area contributed by atoms with Crippen molar-refractivity contribution < 1.29 is 24.0 Å². The highest BCUT2D eigenvalue weighted by molar-refractivity contribution is 5.98. The molecule has 0 bridgehead atoms. The summed E-state index contributed by atoms with van der Waals surface area (Å²) in [5, 5.41) is 10.7. The minimum atomic E-state index is -0.596. The van der Waals surface area contributed by atoms with Gasteiger partial charge in [0, 0.05) is 41.3 Å². The van der Waals surface area contributed by atoms with Gasteiger partial charge in [0.05, 0.1) is 11.5 Å². The van der Waals surface area contributed by atoms with Gasteiger partial charge in [-0.15, -0.1) is 0 Å². The third-order valence-corrected chi connectivity index (χ3v) is 4.38. The van der Waals surface area contributed by atoms with E-state index in [0.717, 1.165) is 17.7 Å². The van der Waals surface area contributed by atoms with E-state index in [0.29, 0.717) is 17.9 Å². The number of amides is 2. The van der Waals surface area contributed by atoms with Crippen LogP contribution in [0.1, 0.15) is 35.3 Å². The van der Waals surface area contributed by atoms with Gasteiger partial charge >= 0.3 is 0 Å². The van der Waals surface area contributed by atoms with Crippen LogP contribution in [0.15, 0.2) is 42.5 Å². The van der Waals surface area contributed by atoms with Crippen molar-refractivity contribution in [2.45, 2.75) is 26.4 Å². The van der Waals surface area contributed by atoms with Gasteiger partial charge < -0.3 is 9.47 Å². The van der Waals surface area contributed by atoms with Crippen LogP contribution >= 0.6 is 0 Å². The molecule has 1 aliphatic rings. The molecule has 1 aliphatic heterocycles. The van der Waals surface area contributed by atoms with E-state index in [1.54, 1.807) is 6.08 Å². The number of benzene rings is 2. The number of nitrogens with zero attached hydrogens (tertiary/aromatic N) is 1. The van der Waals surface area contributed by atoms with E-state index in [1.807, 2.05) is 26.0 Å².